The summed E-state index contributed by atoms with van der Waals surface area (Å²) in [6.07, 6.45) is 2.55. The quantitative estimate of drug-likeness (QED) is 0.655. The summed E-state index contributed by atoms with van der Waals surface area (Å²) < 4.78 is 0. The molecular weight excluding hydrogens is 172 g/mol. The molecule has 1 amide bonds. The van der Waals surface area contributed by atoms with Gasteiger partial charge < -0.3 is 20.3 Å². The van der Waals surface area contributed by atoms with Crippen molar-refractivity contribution in [1.29, 1.82) is 0 Å². The maximum absolute atomic E-state index is 10.8. The molecule has 5 heteroatoms. The van der Waals surface area contributed by atoms with E-state index in [2.05, 4.69) is 10.3 Å². The molecule has 0 aromatic heterocycles. The maximum Gasteiger partial charge on any atom is 0.320 e. The van der Waals surface area contributed by atoms with Crippen molar-refractivity contribution in [3.05, 3.63) is 23.8 Å². The summed E-state index contributed by atoms with van der Waals surface area (Å²) in [6, 6.07) is 0. The molecule has 0 saturated carbocycles. The van der Waals surface area contributed by atoms with Crippen LogP contribution in [0.25, 0.3) is 5.48 Å². The fourth-order valence-corrected chi connectivity index (χ4v) is 0.723. The molecule has 1 N–H and O–H groups in total. The van der Waals surface area contributed by atoms with Gasteiger partial charge in [0.15, 0.2) is 0 Å². The Labute approximate surface area is 76.9 Å². The summed E-state index contributed by atoms with van der Waals surface area (Å²) in [5, 5.41) is 9.34. The van der Waals surface area contributed by atoms with Gasteiger partial charge in [0.1, 0.15) is 0 Å². The third kappa shape index (κ3) is 2.55. The van der Waals surface area contributed by atoms with Crippen LogP contribution < -0.4 is 0 Å². The lowest BCUT2D eigenvalue weighted by atomic mass is 10.1. The minimum atomic E-state index is -0.922. The predicted molar refractivity (Wildman–Crippen MR) is 46.3 cm³/mol. The van der Waals surface area contributed by atoms with Crippen molar-refractivity contribution < 1.29 is 14.7 Å². The Morgan fingerprint density at radius 1 is 1.69 bits per heavy atom. The molecule has 0 atom stereocenters. The molecule has 1 heterocycles. The monoisotopic (exact) mass is 184 g/mol. The molecule has 1 aliphatic rings. The number of nitrogens with zero attached hydrogens (tertiary/aromatic N) is 2. The van der Waals surface area contributed by atoms with E-state index in [0.717, 1.165) is 0 Å². The molecule has 13 heavy (non-hydrogen) atoms. The molecule has 0 spiro atoms. The first-order chi connectivity index (χ1) is 5.90. The highest BCUT2D eigenvalue weighted by atomic mass is 16.7. The molecule has 74 valence electrons. The van der Waals surface area contributed by atoms with E-state index in [1.165, 1.54) is 17.4 Å². The molecule has 0 aliphatic carbocycles. The molecule has 0 aromatic carbocycles. The number of hydrogen-bond acceptors (Lipinski definition) is 3. The van der Waals surface area contributed by atoms with E-state index in [-0.39, 0.29) is 0 Å². The third-order valence-electron chi connectivity index (χ3n) is 1.48. The summed E-state index contributed by atoms with van der Waals surface area (Å²) in [5.41, 5.74) is 2.57. The van der Waals surface area contributed by atoms with E-state index in [1.54, 1.807) is 20.9 Å². The third-order valence-corrected chi connectivity index (χ3v) is 1.48. The van der Waals surface area contributed by atoms with Crippen LogP contribution >= 0.6 is 0 Å². The van der Waals surface area contributed by atoms with Gasteiger partial charge in [0.2, 0.25) is 0 Å². The van der Waals surface area contributed by atoms with E-state index in [0.29, 0.717) is 5.82 Å². The van der Waals surface area contributed by atoms with E-state index >= 15 is 0 Å². The Balaban J connectivity index is 2.58. The number of aliphatic hydroxyl groups is 1. The van der Waals surface area contributed by atoms with Gasteiger partial charge in [-0.2, -0.15) is 5.82 Å². The Kier molecular flexibility index (Phi) is 2.38. The number of hydroxylamine groups is 1. The molecule has 1 aliphatic heterocycles. The molecule has 1 rings (SSSR count). The zero-order valence-electron chi connectivity index (χ0n) is 7.81. The van der Waals surface area contributed by atoms with Gasteiger partial charge >= 0.3 is 6.09 Å². The van der Waals surface area contributed by atoms with Crippen molar-refractivity contribution in [3.8, 4) is 0 Å². The van der Waals surface area contributed by atoms with Crippen molar-refractivity contribution >= 4 is 6.09 Å². The number of hydrogen-bond donors (Lipinski definition) is 1. The molecule has 0 radical (unpaired) electrons. The number of rotatable bonds is 2. The Hall–Kier alpha value is -1.36. The first-order valence-electron chi connectivity index (χ1n) is 3.84. The number of amides is 1. The second kappa shape index (κ2) is 3.18. The normalized spacial score (nSPS) is 20.2. The topological polar surface area (TPSA) is 63.9 Å². The average molecular weight is 184 g/mol. The fourth-order valence-electron chi connectivity index (χ4n) is 0.723. The minimum absolute atomic E-state index is 0.382. The zero-order chi connectivity index (χ0) is 10.1. The molecule has 0 unspecified atom stereocenters. The van der Waals surface area contributed by atoms with Crippen LogP contribution in [0.5, 0.6) is 0 Å². The van der Waals surface area contributed by atoms with E-state index in [9.17, 15) is 9.90 Å². The zero-order valence-corrected chi connectivity index (χ0v) is 7.81. The summed E-state index contributed by atoms with van der Waals surface area (Å²) in [4.78, 5) is 16.4. The highest BCUT2D eigenvalue weighted by Gasteiger charge is 2.07. The van der Waals surface area contributed by atoms with E-state index < -0.39 is 11.7 Å². The molecule has 0 aromatic rings. The SMILES string of the molecule is CN1C(=O)O[N-]C1=C[CH-]C(C)(C)O. The van der Waals surface area contributed by atoms with Gasteiger partial charge in [-0.3, -0.25) is 4.79 Å². The van der Waals surface area contributed by atoms with Crippen molar-refractivity contribution in [2.75, 3.05) is 7.05 Å². The minimum Gasteiger partial charge on any atom is -0.459 e. The van der Waals surface area contributed by atoms with Gasteiger partial charge in [-0.25, -0.2) is 12.5 Å². The lowest BCUT2D eigenvalue weighted by Crippen LogP contribution is -2.20. The van der Waals surface area contributed by atoms with Crippen LogP contribution in [0.2, 0.25) is 0 Å². The first-order valence-corrected chi connectivity index (χ1v) is 3.84. The summed E-state index contributed by atoms with van der Waals surface area (Å²) in [6.45, 7) is 3.25. The van der Waals surface area contributed by atoms with Crippen molar-refractivity contribution in [1.82, 2.24) is 4.90 Å². The Morgan fingerprint density at radius 2 is 2.31 bits per heavy atom. The number of carbonyl (C=O) groups excluding carboxylic acids is 1. The smallest absolute Gasteiger partial charge is 0.320 e. The highest BCUT2D eigenvalue weighted by molar-refractivity contribution is 5.74. The van der Waals surface area contributed by atoms with Crippen LogP contribution in [0.15, 0.2) is 11.9 Å². The summed E-state index contributed by atoms with van der Waals surface area (Å²) in [7, 11) is 1.54. The summed E-state index contributed by atoms with van der Waals surface area (Å²) >= 11 is 0. The van der Waals surface area contributed by atoms with Gasteiger partial charge in [0.05, 0.1) is 0 Å². The van der Waals surface area contributed by atoms with Crippen molar-refractivity contribution in [2.24, 2.45) is 0 Å². The highest BCUT2D eigenvalue weighted by Crippen LogP contribution is 2.22. The van der Waals surface area contributed by atoms with Crippen LogP contribution in [0.4, 0.5) is 4.79 Å². The van der Waals surface area contributed by atoms with Crippen LogP contribution in [0, 0.1) is 6.42 Å². The van der Waals surface area contributed by atoms with Gasteiger partial charge in [0.25, 0.3) is 0 Å². The van der Waals surface area contributed by atoms with E-state index in [1.807, 2.05) is 0 Å². The standard InChI is InChI=1S/C8H12N2O3/c1-8(2,12)5-4-6-9-13-7(11)10(6)3/h4-5,12H,1-3H3/q-2. The summed E-state index contributed by atoms with van der Waals surface area (Å²) in [5.74, 6) is 0.382. The van der Waals surface area contributed by atoms with Gasteiger partial charge in [-0.05, 0) is 13.8 Å². The average Bonchev–Trinajstić information content (AvgIpc) is 2.29. The fraction of sp³-hybridized carbons (Fsp3) is 0.500. The van der Waals surface area contributed by atoms with Gasteiger partial charge in [-0.15, -0.1) is 0 Å². The lowest BCUT2D eigenvalue weighted by molar-refractivity contribution is 0.120. The van der Waals surface area contributed by atoms with Gasteiger partial charge in [0, 0.05) is 5.60 Å². The molecular formula is C8H12N2O3-2. The van der Waals surface area contributed by atoms with Crippen LogP contribution in [-0.2, 0) is 4.84 Å². The van der Waals surface area contributed by atoms with E-state index in [4.69, 9.17) is 0 Å². The molecule has 0 bridgehead atoms. The molecule has 1 fully saturated rings. The molecule has 5 nitrogen and oxygen atoms in total. The predicted octanol–water partition coefficient (Wildman–Crippen LogP) is 1.17. The van der Waals surface area contributed by atoms with Crippen LogP contribution in [-0.4, -0.2) is 28.7 Å². The van der Waals surface area contributed by atoms with Crippen LogP contribution in [0.1, 0.15) is 13.8 Å². The second-order valence-electron chi connectivity index (χ2n) is 3.35. The van der Waals surface area contributed by atoms with Crippen molar-refractivity contribution in [2.45, 2.75) is 19.4 Å². The van der Waals surface area contributed by atoms with Crippen LogP contribution in [0.3, 0.4) is 0 Å². The van der Waals surface area contributed by atoms with Crippen molar-refractivity contribution in [3.63, 3.8) is 0 Å². The second-order valence-corrected chi connectivity index (χ2v) is 3.35. The lowest BCUT2D eigenvalue weighted by Gasteiger charge is -2.28. The molecule has 1 saturated heterocycles. The van der Waals surface area contributed by atoms with Gasteiger partial charge in [-0.1, -0.05) is 7.05 Å². The first kappa shape index (κ1) is 9.73. The largest absolute Gasteiger partial charge is 0.459 e. The Morgan fingerprint density at radius 3 is 2.69 bits per heavy atom. The Bertz CT molecular complexity index is 242. The number of carbonyl (C=O) groups is 1. The maximum atomic E-state index is 10.8.